The average molecular weight is 359 g/mol. The van der Waals surface area contributed by atoms with Crippen molar-refractivity contribution in [2.45, 2.75) is 62.9 Å². The summed E-state index contributed by atoms with van der Waals surface area (Å²) in [5.41, 5.74) is 7.73. The van der Waals surface area contributed by atoms with Gasteiger partial charge in [0.05, 0.1) is 5.25 Å². The molecule has 1 aromatic carbocycles. The number of hydrogen-bond acceptors (Lipinski definition) is 4. The Balaban J connectivity index is 2.05. The van der Waals surface area contributed by atoms with Crippen LogP contribution in [0.4, 0.5) is 0 Å². The second-order valence-electron chi connectivity index (χ2n) is 7.04. The van der Waals surface area contributed by atoms with Gasteiger partial charge in [-0.05, 0) is 38.7 Å². The fraction of sp³-hybridized carbons (Fsp3) is 0.526. The molecule has 2 N–H and O–H groups in total. The minimum Gasteiger partial charge on any atom is -0.369 e. The van der Waals surface area contributed by atoms with Gasteiger partial charge < -0.3 is 5.73 Å². The molecular weight excluding hydrogens is 332 g/mol. The lowest BCUT2D eigenvalue weighted by Crippen LogP contribution is -2.25. The molecule has 1 heterocycles. The van der Waals surface area contributed by atoms with Crippen LogP contribution in [0, 0.1) is 12.8 Å². The number of carbonyl (C=O) groups is 1. The Morgan fingerprint density at radius 3 is 2.76 bits per heavy atom. The fourth-order valence-electron chi connectivity index (χ4n) is 3.53. The van der Waals surface area contributed by atoms with Crippen LogP contribution in [0.3, 0.4) is 0 Å². The van der Waals surface area contributed by atoms with Gasteiger partial charge in [-0.25, -0.2) is 0 Å². The summed E-state index contributed by atoms with van der Waals surface area (Å²) in [6.45, 7) is 6.21. The van der Waals surface area contributed by atoms with Gasteiger partial charge in [-0.1, -0.05) is 55.3 Å². The zero-order valence-electron chi connectivity index (χ0n) is 15.1. The van der Waals surface area contributed by atoms with Crippen LogP contribution in [0.5, 0.6) is 0 Å². The molecular formula is C19H26N4OS. The summed E-state index contributed by atoms with van der Waals surface area (Å²) in [4.78, 5) is 11.5. The summed E-state index contributed by atoms with van der Waals surface area (Å²) in [5, 5.41) is 9.38. The molecule has 0 aliphatic heterocycles. The van der Waals surface area contributed by atoms with E-state index >= 15 is 0 Å². The van der Waals surface area contributed by atoms with Gasteiger partial charge in [0.1, 0.15) is 0 Å². The van der Waals surface area contributed by atoms with Crippen LogP contribution in [0.1, 0.15) is 51.1 Å². The molecule has 1 amide bonds. The SMILES string of the molecule is Cc1cccc(-c2nnc(S[C@@H](C)C(N)=O)n2[C@@H]2CCCC[C@H]2C)c1. The van der Waals surface area contributed by atoms with Crippen molar-refractivity contribution in [1.29, 1.82) is 0 Å². The number of carbonyl (C=O) groups excluding carboxylic acids is 1. The molecule has 0 unspecified atom stereocenters. The number of aromatic nitrogens is 3. The minimum atomic E-state index is -0.327. The number of aryl methyl sites for hydroxylation is 1. The molecule has 1 fully saturated rings. The van der Waals surface area contributed by atoms with Gasteiger partial charge in [-0.15, -0.1) is 10.2 Å². The summed E-state index contributed by atoms with van der Waals surface area (Å²) < 4.78 is 2.25. The van der Waals surface area contributed by atoms with Crippen molar-refractivity contribution < 1.29 is 4.79 Å². The minimum absolute atomic E-state index is 0.326. The molecule has 0 spiro atoms. The molecule has 1 saturated carbocycles. The maximum atomic E-state index is 11.5. The molecule has 1 aliphatic carbocycles. The summed E-state index contributed by atoms with van der Waals surface area (Å²) in [7, 11) is 0. The first-order chi connectivity index (χ1) is 12.0. The zero-order valence-corrected chi connectivity index (χ0v) is 15.9. The third-order valence-electron chi connectivity index (χ3n) is 5.02. The molecule has 134 valence electrons. The molecule has 0 saturated heterocycles. The van der Waals surface area contributed by atoms with Crippen LogP contribution < -0.4 is 5.73 Å². The normalized spacial score (nSPS) is 21.9. The topological polar surface area (TPSA) is 73.8 Å². The van der Waals surface area contributed by atoms with Gasteiger partial charge in [0, 0.05) is 11.6 Å². The van der Waals surface area contributed by atoms with E-state index in [9.17, 15) is 4.79 Å². The summed E-state index contributed by atoms with van der Waals surface area (Å²) in [5.74, 6) is 1.13. The van der Waals surface area contributed by atoms with Crippen LogP contribution in [0.25, 0.3) is 11.4 Å². The van der Waals surface area contributed by atoms with Gasteiger partial charge >= 0.3 is 0 Å². The second kappa shape index (κ2) is 7.60. The highest BCUT2D eigenvalue weighted by molar-refractivity contribution is 8.00. The molecule has 1 aromatic heterocycles. The quantitative estimate of drug-likeness (QED) is 0.821. The van der Waals surface area contributed by atoms with Crippen molar-refractivity contribution in [2.24, 2.45) is 11.7 Å². The zero-order chi connectivity index (χ0) is 18.0. The van der Waals surface area contributed by atoms with E-state index in [0.717, 1.165) is 23.0 Å². The smallest absolute Gasteiger partial charge is 0.230 e. The molecule has 3 atom stereocenters. The van der Waals surface area contributed by atoms with E-state index in [1.165, 1.54) is 36.6 Å². The first-order valence-corrected chi connectivity index (χ1v) is 9.83. The summed E-state index contributed by atoms with van der Waals surface area (Å²) in [6.07, 6.45) is 4.83. The first-order valence-electron chi connectivity index (χ1n) is 8.95. The Bertz CT molecular complexity index is 758. The van der Waals surface area contributed by atoms with Crippen molar-refractivity contribution in [3.8, 4) is 11.4 Å². The number of thioether (sulfide) groups is 1. The van der Waals surface area contributed by atoms with Gasteiger partial charge in [0.25, 0.3) is 0 Å². The largest absolute Gasteiger partial charge is 0.369 e. The van der Waals surface area contributed by atoms with Crippen LogP contribution in [0.15, 0.2) is 29.4 Å². The van der Waals surface area contributed by atoms with Crippen LogP contribution in [0.2, 0.25) is 0 Å². The lowest BCUT2D eigenvalue weighted by molar-refractivity contribution is -0.117. The first kappa shape index (κ1) is 18.0. The Labute approximate surface area is 153 Å². The number of benzene rings is 1. The third kappa shape index (κ3) is 3.89. The van der Waals surface area contributed by atoms with E-state index in [0.29, 0.717) is 12.0 Å². The Kier molecular flexibility index (Phi) is 5.47. The van der Waals surface area contributed by atoms with Crippen molar-refractivity contribution in [3.05, 3.63) is 29.8 Å². The monoisotopic (exact) mass is 358 g/mol. The third-order valence-corrected chi connectivity index (χ3v) is 6.10. The predicted molar refractivity (Wildman–Crippen MR) is 101 cm³/mol. The number of rotatable bonds is 5. The van der Waals surface area contributed by atoms with Crippen molar-refractivity contribution in [1.82, 2.24) is 14.8 Å². The molecule has 1 aliphatic rings. The van der Waals surface area contributed by atoms with Gasteiger partial charge in [-0.3, -0.25) is 9.36 Å². The molecule has 0 bridgehead atoms. The van der Waals surface area contributed by atoms with E-state index in [4.69, 9.17) is 5.73 Å². The number of nitrogens with two attached hydrogens (primary N) is 1. The van der Waals surface area contributed by atoms with E-state index in [1.54, 1.807) is 0 Å². The van der Waals surface area contributed by atoms with E-state index in [2.05, 4.69) is 46.8 Å². The maximum absolute atomic E-state index is 11.5. The lowest BCUT2D eigenvalue weighted by Gasteiger charge is -2.31. The van der Waals surface area contributed by atoms with Crippen LogP contribution in [-0.2, 0) is 4.79 Å². The van der Waals surface area contributed by atoms with Gasteiger partial charge in [0.2, 0.25) is 5.91 Å². The van der Waals surface area contributed by atoms with Crippen LogP contribution >= 0.6 is 11.8 Å². The highest BCUT2D eigenvalue weighted by Crippen LogP contribution is 2.39. The summed E-state index contributed by atoms with van der Waals surface area (Å²) >= 11 is 1.41. The van der Waals surface area contributed by atoms with Gasteiger partial charge in [0.15, 0.2) is 11.0 Å². The number of nitrogens with zero attached hydrogens (tertiary/aromatic N) is 3. The molecule has 5 nitrogen and oxygen atoms in total. The Morgan fingerprint density at radius 1 is 1.32 bits per heavy atom. The summed E-state index contributed by atoms with van der Waals surface area (Å²) in [6, 6.07) is 8.71. The number of hydrogen-bond donors (Lipinski definition) is 1. The van der Waals surface area contributed by atoms with Crippen molar-refractivity contribution >= 4 is 17.7 Å². The van der Waals surface area contributed by atoms with Crippen molar-refractivity contribution in [2.75, 3.05) is 0 Å². The fourth-order valence-corrected chi connectivity index (χ4v) is 4.39. The maximum Gasteiger partial charge on any atom is 0.230 e. The Morgan fingerprint density at radius 2 is 2.08 bits per heavy atom. The highest BCUT2D eigenvalue weighted by atomic mass is 32.2. The molecule has 0 radical (unpaired) electrons. The van der Waals surface area contributed by atoms with Crippen molar-refractivity contribution in [3.63, 3.8) is 0 Å². The standard InChI is InChI=1S/C19H26N4OS/c1-12-7-6-9-15(11-12)18-21-22-19(25-14(3)17(20)24)23(18)16-10-5-4-8-13(16)2/h6-7,9,11,13-14,16H,4-5,8,10H2,1-3H3,(H2,20,24)/t13-,14+,16-/m1/s1. The lowest BCUT2D eigenvalue weighted by atomic mass is 9.85. The van der Waals surface area contributed by atoms with E-state index < -0.39 is 0 Å². The number of primary amides is 1. The number of amides is 1. The van der Waals surface area contributed by atoms with E-state index in [-0.39, 0.29) is 11.2 Å². The molecule has 3 rings (SSSR count). The molecule has 6 heteroatoms. The highest BCUT2D eigenvalue weighted by Gasteiger charge is 2.29. The average Bonchev–Trinajstić information content (AvgIpc) is 2.98. The predicted octanol–water partition coefficient (Wildman–Crippen LogP) is 3.97. The second-order valence-corrected chi connectivity index (χ2v) is 8.35. The van der Waals surface area contributed by atoms with Crippen LogP contribution in [-0.4, -0.2) is 25.9 Å². The Hall–Kier alpha value is -1.82. The molecule has 25 heavy (non-hydrogen) atoms. The van der Waals surface area contributed by atoms with Gasteiger partial charge in [-0.2, -0.15) is 0 Å². The van der Waals surface area contributed by atoms with E-state index in [1.807, 2.05) is 13.0 Å². The molecule has 2 aromatic rings.